The van der Waals surface area contributed by atoms with Crippen molar-refractivity contribution >= 4 is 0 Å². The molecule has 7 fully saturated rings. The van der Waals surface area contributed by atoms with Crippen molar-refractivity contribution < 1.29 is 15.8 Å². The zero-order valence-electron chi connectivity index (χ0n) is 22.2. The van der Waals surface area contributed by atoms with Crippen molar-refractivity contribution in [3.05, 3.63) is 0 Å². The number of hydrogen-bond acceptors (Lipinski definition) is 2. The van der Waals surface area contributed by atoms with Crippen molar-refractivity contribution in [3.63, 3.8) is 0 Å². The predicted molar refractivity (Wildman–Crippen MR) is 137 cm³/mol. The maximum Gasteiger partial charge on any atom is 0.137 e. The molecule has 2 bridgehead atoms. The van der Waals surface area contributed by atoms with Crippen molar-refractivity contribution in [1.82, 2.24) is 0 Å². The molecule has 4 nitrogen and oxygen atoms in total. The molecular weight excluding hydrogens is 418 g/mol. The van der Waals surface area contributed by atoms with Gasteiger partial charge in [-0.1, -0.05) is 32.1 Å². The number of hydrogen-bond donors (Lipinski definition) is 3. The van der Waals surface area contributed by atoms with Crippen LogP contribution in [0.1, 0.15) is 122 Å². The lowest BCUT2D eigenvalue weighted by molar-refractivity contribution is -0.703. The van der Waals surface area contributed by atoms with Crippen LogP contribution in [-0.2, 0) is 4.74 Å². The molecule has 194 valence electrons. The molecule has 0 aromatic rings. The molecule has 3 saturated heterocycles. The van der Waals surface area contributed by atoms with Gasteiger partial charge >= 0.3 is 0 Å². The lowest BCUT2D eigenvalue weighted by atomic mass is 9.52. The van der Waals surface area contributed by atoms with Gasteiger partial charge in [-0.3, -0.25) is 5.73 Å². The second kappa shape index (κ2) is 9.30. The van der Waals surface area contributed by atoms with E-state index in [2.05, 4.69) is 12.2 Å². The third-order valence-electron chi connectivity index (χ3n) is 12.4. The van der Waals surface area contributed by atoms with Crippen LogP contribution in [0.15, 0.2) is 0 Å². The van der Waals surface area contributed by atoms with Crippen LogP contribution >= 0.6 is 0 Å². The number of quaternary nitrogens is 2. The monoisotopic (exact) mass is 473 g/mol. The third-order valence-corrected chi connectivity index (χ3v) is 12.4. The van der Waals surface area contributed by atoms with E-state index in [1.807, 2.05) is 0 Å². The Morgan fingerprint density at radius 2 is 1.65 bits per heavy atom. The Labute approximate surface area is 209 Å². The van der Waals surface area contributed by atoms with E-state index in [4.69, 9.17) is 16.2 Å². The summed E-state index contributed by atoms with van der Waals surface area (Å²) in [4.78, 5) is 0. The van der Waals surface area contributed by atoms with Crippen molar-refractivity contribution in [1.29, 1.82) is 0 Å². The number of ether oxygens (including phenoxy) is 1. The predicted octanol–water partition coefficient (Wildman–Crippen LogP) is 4.13. The largest absolute Gasteiger partial charge is 0.367 e. The van der Waals surface area contributed by atoms with E-state index in [0.717, 1.165) is 23.7 Å². The van der Waals surface area contributed by atoms with E-state index < -0.39 is 0 Å². The number of rotatable bonds is 4. The van der Waals surface area contributed by atoms with Crippen LogP contribution in [-0.4, -0.2) is 30.0 Å². The van der Waals surface area contributed by atoms with Gasteiger partial charge in [0, 0.05) is 24.7 Å². The van der Waals surface area contributed by atoms with E-state index in [1.165, 1.54) is 122 Å². The average Bonchev–Trinajstić information content (AvgIpc) is 3.28. The minimum Gasteiger partial charge on any atom is -0.367 e. The highest BCUT2D eigenvalue weighted by Crippen LogP contribution is 2.62. The zero-order valence-corrected chi connectivity index (χ0v) is 22.2. The van der Waals surface area contributed by atoms with Crippen LogP contribution in [0.5, 0.6) is 0 Å². The number of piperidine rings is 1. The van der Waals surface area contributed by atoms with Crippen LogP contribution in [0, 0.1) is 35.0 Å². The van der Waals surface area contributed by atoms with Crippen molar-refractivity contribution in [2.24, 2.45) is 40.7 Å². The normalized spacial score (nSPS) is 49.5. The first kappa shape index (κ1) is 24.2. The molecule has 8 atom stereocenters. The third kappa shape index (κ3) is 4.31. The van der Waals surface area contributed by atoms with Gasteiger partial charge in [-0.15, -0.1) is 0 Å². The molecule has 4 aliphatic carbocycles. The van der Waals surface area contributed by atoms with Gasteiger partial charge in [-0.05, 0) is 101 Å². The van der Waals surface area contributed by atoms with Gasteiger partial charge in [0.25, 0.3) is 0 Å². The molecule has 7 N–H and O–H groups in total. The zero-order chi connectivity index (χ0) is 23.4. The van der Waals surface area contributed by atoms with Gasteiger partial charge in [0.05, 0.1) is 23.8 Å². The smallest absolute Gasteiger partial charge is 0.137 e. The summed E-state index contributed by atoms with van der Waals surface area (Å²) in [7, 11) is 0. The molecule has 0 radical (unpaired) electrons. The summed E-state index contributed by atoms with van der Waals surface area (Å²) in [6.07, 6.45) is 25.7. The molecule has 7 rings (SSSR count). The number of nitrogens with two attached hydrogens (primary N) is 2. The van der Waals surface area contributed by atoms with Crippen LogP contribution < -0.4 is 16.8 Å². The summed E-state index contributed by atoms with van der Waals surface area (Å²) in [5, 5.41) is 2.42. The van der Waals surface area contributed by atoms with E-state index in [-0.39, 0.29) is 11.2 Å². The van der Waals surface area contributed by atoms with Gasteiger partial charge in [-0.25, -0.2) is 0 Å². The lowest BCUT2D eigenvalue weighted by Gasteiger charge is -2.64. The first-order valence-electron chi connectivity index (χ1n) is 15.5. The fourth-order valence-corrected chi connectivity index (χ4v) is 10.8. The Bertz CT molecular complexity index is 708. The second-order valence-corrected chi connectivity index (χ2v) is 14.5. The lowest BCUT2D eigenvalue weighted by Crippen LogP contribution is -2.95. The Morgan fingerprint density at radius 3 is 2.35 bits per heavy atom. The molecule has 4 saturated carbocycles. The topological polar surface area (TPSA) is 79.5 Å². The van der Waals surface area contributed by atoms with E-state index in [1.54, 1.807) is 0 Å². The van der Waals surface area contributed by atoms with Gasteiger partial charge < -0.3 is 15.8 Å². The van der Waals surface area contributed by atoms with Crippen molar-refractivity contribution in [2.45, 2.75) is 146 Å². The summed E-state index contributed by atoms with van der Waals surface area (Å²) >= 11 is 0. The maximum absolute atomic E-state index is 7.60. The van der Waals surface area contributed by atoms with Crippen LogP contribution in [0.2, 0.25) is 0 Å². The molecule has 0 amide bonds. The Morgan fingerprint density at radius 1 is 0.853 bits per heavy atom. The van der Waals surface area contributed by atoms with Gasteiger partial charge in [0.15, 0.2) is 0 Å². The first-order chi connectivity index (χ1) is 16.4. The SMILES string of the molecule is CC1(C2CCCCC2)OC2(C3CC(CC4CCC(N)[NH2+]C4)CC4(CCCC4)C3)CCC1C([NH3+])C2. The van der Waals surface area contributed by atoms with Gasteiger partial charge in [0.1, 0.15) is 6.17 Å². The fraction of sp³-hybridized carbons (Fsp3) is 1.00. The van der Waals surface area contributed by atoms with Crippen LogP contribution in [0.3, 0.4) is 0 Å². The molecule has 3 aliphatic heterocycles. The molecule has 4 heteroatoms. The molecule has 7 aliphatic rings. The highest BCUT2D eigenvalue weighted by Gasteiger charge is 2.64. The summed E-state index contributed by atoms with van der Waals surface area (Å²) in [6.45, 7) is 3.81. The van der Waals surface area contributed by atoms with Crippen molar-refractivity contribution in [3.8, 4) is 0 Å². The summed E-state index contributed by atoms with van der Waals surface area (Å²) in [6, 6.07) is 0.601. The first-order valence-corrected chi connectivity index (χ1v) is 15.5. The Balaban J connectivity index is 1.24. The minimum atomic E-state index is 0.0909. The van der Waals surface area contributed by atoms with Gasteiger partial charge in [0.2, 0.25) is 0 Å². The van der Waals surface area contributed by atoms with Gasteiger partial charge in [-0.2, -0.15) is 0 Å². The van der Waals surface area contributed by atoms with E-state index >= 15 is 0 Å². The number of fused-ring (bicyclic) bond motifs is 3. The van der Waals surface area contributed by atoms with E-state index in [9.17, 15) is 0 Å². The molecule has 0 aromatic carbocycles. The summed E-state index contributed by atoms with van der Waals surface area (Å²) in [5.41, 5.74) is 11.9. The highest BCUT2D eigenvalue weighted by atomic mass is 16.5. The van der Waals surface area contributed by atoms with Crippen molar-refractivity contribution in [2.75, 3.05) is 6.54 Å². The fourth-order valence-electron chi connectivity index (χ4n) is 10.8. The van der Waals surface area contributed by atoms with Crippen LogP contribution in [0.4, 0.5) is 0 Å². The molecule has 1 spiro atoms. The summed E-state index contributed by atoms with van der Waals surface area (Å²) < 4.78 is 7.60. The Hall–Kier alpha value is -0.160. The Kier molecular flexibility index (Phi) is 6.62. The maximum atomic E-state index is 7.60. The minimum absolute atomic E-state index is 0.0909. The highest BCUT2D eigenvalue weighted by molar-refractivity contribution is 5.12. The standard InChI is InChI=1S/C30H53N3O/c1-28(23-7-3-2-4-8-23)25-11-14-30(34-28,19-26(25)31)24-16-22(15-21-9-10-27(32)33-20-21)17-29(18-24)12-5-6-13-29/h21-27,33H,2-20,31-32H2,1H3/p+2. The van der Waals surface area contributed by atoms with Crippen LogP contribution in [0.25, 0.3) is 0 Å². The molecule has 34 heavy (non-hydrogen) atoms. The average molecular weight is 474 g/mol. The molecule has 8 unspecified atom stereocenters. The molecule has 3 heterocycles. The second-order valence-electron chi connectivity index (χ2n) is 14.5. The van der Waals surface area contributed by atoms with E-state index in [0.29, 0.717) is 23.5 Å². The molecular formula is C30H55N3O+2. The molecule has 0 aromatic heterocycles. The summed E-state index contributed by atoms with van der Waals surface area (Å²) in [5.74, 6) is 4.03. The quantitative estimate of drug-likeness (QED) is 0.574.